The van der Waals surface area contributed by atoms with Crippen LogP contribution in [0.15, 0.2) is 0 Å². The van der Waals surface area contributed by atoms with E-state index in [0.717, 1.165) is 25.7 Å². The lowest BCUT2D eigenvalue weighted by Gasteiger charge is -2.28. The molecular weight excluding hydrogens is 228 g/mol. The summed E-state index contributed by atoms with van der Waals surface area (Å²) in [6.07, 6.45) is 4.02. The Hall–Kier alpha value is -0.170. The van der Waals surface area contributed by atoms with Gasteiger partial charge < -0.3 is 5.11 Å². The molecule has 1 rings (SSSR count). The van der Waals surface area contributed by atoms with Gasteiger partial charge in [-0.05, 0) is 26.7 Å². The molecule has 0 amide bonds. The fraction of sp³-hybridized carbons (Fsp3) is 1.00. The zero-order valence-electron chi connectivity index (χ0n) is 10.1. The summed E-state index contributed by atoms with van der Waals surface area (Å²) in [5, 5.41) is 9.07. The lowest BCUT2D eigenvalue weighted by molar-refractivity contribution is 0.205. The molecule has 0 bridgehead atoms. The molecule has 0 aliphatic carbocycles. The number of aliphatic hydroxyl groups is 1. The van der Waals surface area contributed by atoms with E-state index in [1.807, 2.05) is 0 Å². The monoisotopic (exact) mass is 250 g/mol. The molecule has 0 atom stereocenters. The van der Waals surface area contributed by atoms with E-state index < -0.39 is 15.7 Å². The second kappa shape index (κ2) is 5.44. The minimum Gasteiger partial charge on any atom is -0.394 e. The molecule has 1 fully saturated rings. The lowest BCUT2D eigenvalue weighted by Crippen LogP contribution is -2.52. The van der Waals surface area contributed by atoms with Crippen molar-refractivity contribution >= 4 is 10.2 Å². The zero-order chi connectivity index (χ0) is 12.2. The first-order valence-corrected chi connectivity index (χ1v) is 7.21. The molecule has 5 nitrogen and oxygen atoms in total. The molecule has 6 heteroatoms. The van der Waals surface area contributed by atoms with E-state index in [2.05, 4.69) is 4.72 Å². The Labute approximate surface area is 98.0 Å². The summed E-state index contributed by atoms with van der Waals surface area (Å²) in [6.45, 7) is 4.29. The van der Waals surface area contributed by atoms with Gasteiger partial charge in [0.15, 0.2) is 0 Å². The summed E-state index contributed by atoms with van der Waals surface area (Å²) in [4.78, 5) is 0. The van der Waals surface area contributed by atoms with Crippen LogP contribution in [0.2, 0.25) is 0 Å². The fourth-order valence-corrected chi connectivity index (χ4v) is 3.36. The molecule has 0 aromatic carbocycles. The highest BCUT2D eigenvalue weighted by Gasteiger charge is 2.29. The molecule has 0 aromatic rings. The summed E-state index contributed by atoms with van der Waals surface area (Å²) in [5.74, 6) is 0. The Kier molecular flexibility index (Phi) is 4.73. The van der Waals surface area contributed by atoms with Gasteiger partial charge >= 0.3 is 0 Å². The third-order valence-corrected chi connectivity index (χ3v) is 4.56. The molecule has 0 aromatic heterocycles. The zero-order valence-corrected chi connectivity index (χ0v) is 10.9. The van der Waals surface area contributed by atoms with Crippen LogP contribution in [-0.2, 0) is 10.2 Å². The molecule has 0 saturated carbocycles. The Bertz CT molecular complexity index is 306. The molecule has 2 N–H and O–H groups in total. The fourth-order valence-electron chi connectivity index (χ4n) is 1.73. The van der Waals surface area contributed by atoms with E-state index in [4.69, 9.17) is 5.11 Å². The van der Waals surface area contributed by atoms with Crippen molar-refractivity contribution in [2.24, 2.45) is 0 Å². The highest BCUT2D eigenvalue weighted by molar-refractivity contribution is 7.87. The van der Waals surface area contributed by atoms with Crippen molar-refractivity contribution in [3.8, 4) is 0 Å². The number of rotatable bonds is 4. The Morgan fingerprint density at radius 2 is 1.69 bits per heavy atom. The quantitative estimate of drug-likeness (QED) is 0.762. The van der Waals surface area contributed by atoms with Crippen LogP contribution in [-0.4, -0.2) is 43.1 Å². The van der Waals surface area contributed by atoms with Gasteiger partial charge in [-0.2, -0.15) is 17.4 Å². The van der Waals surface area contributed by atoms with Gasteiger partial charge in [0.25, 0.3) is 10.2 Å². The van der Waals surface area contributed by atoms with Gasteiger partial charge in [-0.1, -0.05) is 12.8 Å². The van der Waals surface area contributed by atoms with E-state index >= 15 is 0 Å². The largest absolute Gasteiger partial charge is 0.394 e. The number of hydrogen-bond donors (Lipinski definition) is 2. The second-order valence-electron chi connectivity index (χ2n) is 4.96. The summed E-state index contributed by atoms with van der Waals surface area (Å²) >= 11 is 0. The van der Waals surface area contributed by atoms with Crippen molar-refractivity contribution in [3.05, 3.63) is 0 Å². The standard InChI is InChI=1S/C10H22N2O3S/c1-10(2,9-13)11-16(14,15)12-7-5-3-4-6-8-12/h11,13H,3-9H2,1-2H3. The van der Waals surface area contributed by atoms with Crippen LogP contribution in [0.4, 0.5) is 0 Å². The predicted molar refractivity (Wildman–Crippen MR) is 63.3 cm³/mol. The van der Waals surface area contributed by atoms with E-state index in [1.165, 1.54) is 4.31 Å². The van der Waals surface area contributed by atoms with E-state index in [1.54, 1.807) is 13.8 Å². The SMILES string of the molecule is CC(C)(CO)NS(=O)(=O)N1CCCCCC1. The summed E-state index contributed by atoms with van der Waals surface area (Å²) < 4.78 is 28.0. The summed E-state index contributed by atoms with van der Waals surface area (Å²) in [7, 11) is -3.45. The van der Waals surface area contributed by atoms with Crippen LogP contribution in [0.1, 0.15) is 39.5 Å². The van der Waals surface area contributed by atoms with E-state index in [9.17, 15) is 8.42 Å². The molecule has 1 aliphatic heterocycles. The molecule has 0 spiro atoms. The molecule has 1 saturated heterocycles. The number of hydrogen-bond acceptors (Lipinski definition) is 3. The minimum atomic E-state index is -3.45. The van der Waals surface area contributed by atoms with Crippen molar-refractivity contribution in [1.82, 2.24) is 9.03 Å². The van der Waals surface area contributed by atoms with Gasteiger partial charge in [-0.25, -0.2) is 0 Å². The van der Waals surface area contributed by atoms with Gasteiger partial charge in [0.2, 0.25) is 0 Å². The lowest BCUT2D eigenvalue weighted by atomic mass is 10.1. The highest BCUT2D eigenvalue weighted by atomic mass is 32.2. The highest BCUT2D eigenvalue weighted by Crippen LogP contribution is 2.14. The van der Waals surface area contributed by atoms with Gasteiger partial charge in [0.1, 0.15) is 0 Å². The maximum absolute atomic E-state index is 12.0. The van der Waals surface area contributed by atoms with Gasteiger partial charge in [-0.3, -0.25) is 0 Å². The third kappa shape index (κ3) is 4.01. The average molecular weight is 250 g/mol. The van der Waals surface area contributed by atoms with Gasteiger partial charge in [-0.15, -0.1) is 0 Å². The van der Waals surface area contributed by atoms with Gasteiger partial charge in [0, 0.05) is 13.1 Å². The minimum absolute atomic E-state index is 0.208. The first-order valence-electron chi connectivity index (χ1n) is 5.77. The van der Waals surface area contributed by atoms with Crippen LogP contribution in [0, 0.1) is 0 Å². The molecule has 96 valence electrons. The normalized spacial score (nSPS) is 20.7. The summed E-state index contributed by atoms with van der Waals surface area (Å²) in [6, 6.07) is 0. The third-order valence-electron chi connectivity index (χ3n) is 2.71. The van der Waals surface area contributed by atoms with E-state index in [-0.39, 0.29) is 6.61 Å². The molecule has 1 heterocycles. The van der Waals surface area contributed by atoms with Crippen molar-refractivity contribution < 1.29 is 13.5 Å². The number of nitrogens with zero attached hydrogens (tertiary/aromatic N) is 1. The number of nitrogens with one attached hydrogen (secondary N) is 1. The van der Waals surface area contributed by atoms with Crippen molar-refractivity contribution in [1.29, 1.82) is 0 Å². The van der Waals surface area contributed by atoms with Crippen molar-refractivity contribution in [2.45, 2.75) is 45.1 Å². The molecule has 16 heavy (non-hydrogen) atoms. The predicted octanol–water partition coefficient (Wildman–Crippen LogP) is 0.468. The molecule has 0 unspecified atom stereocenters. The van der Waals surface area contributed by atoms with Crippen LogP contribution in [0.3, 0.4) is 0 Å². The molecule has 1 aliphatic rings. The van der Waals surface area contributed by atoms with Gasteiger partial charge in [0.05, 0.1) is 12.1 Å². The topological polar surface area (TPSA) is 69.6 Å². The van der Waals surface area contributed by atoms with Crippen LogP contribution >= 0.6 is 0 Å². The van der Waals surface area contributed by atoms with Crippen molar-refractivity contribution in [2.75, 3.05) is 19.7 Å². The average Bonchev–Trinajstić information content (AvgIpc) is 2.44. The Balaban J connectivity index is 2.68. The smallest absolute Gasteiger partial charge is 0.280 e. The number of aliphatic hydroxyl groups excluding tert-OH is 1. The molecule has 0 radical (unpaired) electrons. The maximum Gasteiger partial charge on any atom is 0.280 e. The molecular formula is C10H22N2O3S. The summed E-state index contributed by atoms with van der Waals surface area (Å²) in [5.41, 5.74) is -0.800. The first kappa shape index (κ1) is 13.9. The van der Waals surface area contributed by atoms with Crippen LogP contribution in [0.25, 0.3) is 0 Å². The first-order chi connectivity index (χ1) is 7.37. The maximum atomic E-state index is 12.0. The second-order valence-corrected chi connectivity index (χ2v) is 6.63. The van der Waals surface area contributed by atoms with Crippen molar-refractivity contribution in [3.63, 3.8) is 0 Å². The Morgan fingerprint density at radius 3 is 2.12 bits per heavy atom. The van der Waals surface area contributed by atoms with E-state index in [0.29, 0.717) is 13.1 Å². The van der Waals surface area contributed by atoms with Crippen LogP contribution < -0.4 is 4.72 Å². The van der Waals surface area contributed by atoms with Crippen LogP contribution in [0.5, 0.6) is 0 Å². The Morgan fingerprint density at radius 1 is 1.19 bits per heavy atom.